The molecule has 2 rings (SSSR count). The number of nitrogens with one attached hydrogen (secondary N) is 1. The maximum Gasteiger partial charge on any atom is 0.142 e. The van der Waals surface area contributed by atoms with Gasteiger partial charge in [-0.25, -0.2) is 4.39 Å². The van der Waals surface area contributed by atoms with Crippen LogP contribution in [-0.2, 0) is 0 Å². The third-order valence-corrected chi connectivity index (χ3v) is 5.00. The molecule has 0 spiro atoms. The van der Waals surface area contributed by atoms with E-state index in [9.17, 15) is 4.39 Å². The molecule has 18 heavy (non-hydrogen) atoms. The van der Waals surface area contributed by atoms with E-state index >= 15 is 0 Å². The van der Waals surface area contributed by atoms with Crippen molar-refractivity contribution in [2.24, 2.45) is 0 Å². The fourth-order valence-corrected chi connectivity index (χ4v) is 4.10. The van der Waals surface area contributed by atoms with Crippen molar-refractivity contribution in [2.45, 2.75) is 13.0 Å². The number of benzene rings is 1. The highest BCUT2D eigenvalue weighted by Gasteiger charge is 2.20. The maximum absolute atomic E-state index is 14.2. The molecule has 96 valence electrons. The first kappa shape index (κ1) is 14.2. The Morgan fingerprint density at radius 3 is 2.56 bits per heavy atom. The molecule has 1 unspecified atom stereocenters. The van der Waals surface area contributed by atoms with Crippen molar-refractivity contribution >= 4 is 43.2 Å². The molecule has 0 saturated heterocycles. The molecule has 1 heterocycles. The second kappa shape index (κ2) is 5.82. The summed E-state index contributed by atoms with van der Waals surface area (Å²) in [6, 6.07) is 7.28. The number of halogens is 3. The van der Waals surface area contributed by atoms with Crippen molar-refractivity contribution in [3.8, 4) is 0 Å². The number of hydrogen-bond acceptors (Lipinski definition) is 2. The predicted octanol–water partition coefficient (Wildman–Crippen LogP) is 5.03. The van der Waals surface area contributed by atoms with Crippen LogP contribution in [0.2, 0.25) is 0 Å². The van der Waals surface area contributed by atoms with Crippen LogP contribution in [-0.4, -0.2) is 7.05 Å². The van der Waals surface area contributed by atoms with Crippen molar-refractivity contribution in [1.29, 1.82) is 0 Å². The number of hydrogen-bond donors (Lipinski definition) is 1. The van der Waals surface area contributed by atoms with Gasteiger partial charge in [0.15, 0.2) is 0 Å². The molecular weight excluding hydrogens is 381 g/mol. The summed E-state index contributed by atoms with van der Waals surface area (Å²) in [6.45, 7) is 2.05. The van der Waals surface area contributed by atoms with Crippen LogP contribution in [0.1, 0.15) is 22.0 Å². The van der Waals surface area contributed by atoms with Crippen LogP contribution in [0.15, 0.2) is 32.5 Å². The van der Waals surface area contributed by atoms with E-state index in [-0.39, 0.29) is 11.9 Å². The molecule has 1 N–H and O–H groups in total. The summed E-state index contributed by atoms with van der Waals surface area (Å²) in [7, 11) is 1.84. The van der Waals surface area contributed by atoms with Gasteiger partial charge in [-0.05, 0) is 63.5 Å². The summed E-state index contributed by atoms with van der Waals surface area (Å²) in [5, 5.41) is 3.18. The Kier molecular flexibility index (Phi) is 4.59. The molecule has 0 aliphatic rings. The van der Waals surface area contributed by atoms with Gasteiger partial charge < -0.3 is 5.32 Å². The van der Waals surface area contributed by atoms with Gasteiger partial charge in [0.2, 0.25) is 0 Å². The molecule has 1 nitrogen and oxygen atoms in total. The van der Waals surface area contributed by atoms with Crippen LogP contribution in [0.25, 0.3) is 0 Å². The van der Waals surface area contributed by atoms with E-state index in [1.165, 1.54) is 4.88 Å². The van der Waals surface area contributed by atoms with E-state index in [0.29, 0.717) is 10.0 Å². The maximum atomic E-state index is 14.2. The Morgan fingerprint density at radius 2 is 2.00 bits per heavy atom. The van der Waals surface area contributed by atoms with Gasteiger partial charge in [0.1, 0.15) is 5.82 Å². The molecule has 1 aromatic heterocycles. The van der Waals surface area contributed by atoms with Crippen molar-refractivity contribution < 1.29 is 4.39 Å². The van der Waals surface area contributed by atoms with E-state index in [1.54, 1.807) is 17.4 Å². The predicted molar refractivity (Wildman–Crippen MR) is 81.8 cm³/mol. The lowest BCUT2D eigenvalue weighted by molar-refractivity contribution is 0.571. The van der Waals surface area contributed by atoms with Crippen LogP contribution < -0.4 is 5.32 Å². The fraction of sp³-hybridized carbons (Fsp3) is 0.231. The van der Waals surface area contributed by atoms with Crippen LogP contribution in [0.5, 0.6) is 0 Å². The van der Waals surface area contributed by atoms with E-state index in [0.717, 1.165) is 9.35 Å². The van der Waals surface area contributed by atoms with Crippen molar-refractivity contribution in [1.82, 2.24) is 5.32 Å². The number of aryl methyl sites for hydroxylation is 1. The van der Waals surface area contributed by atoms with Gasteiger partial charge in [0, 0.05) is 10.4 Å². The number of thiophene rings is 1. The monoisotopic (exact) mass is 391 g/mol. The summed E-state index contributed by atoms with van der Waals surface area (Å²) in [4.78, 5) is 1.18. The molecule has 5 heteroatoms. The summed E-state index contributed by atoms with van der Waals surface area (Å²) in [5.74, 6) is -0.210. The first-order chi connectivity index (χ1) is 8.54. The van der Waals surface area contributed by atoms with Gasteiger partial charge in [0.05, 0.1) is 14.3 Å². The average Bonchev–Trinajstić information content (AvgIpc) is 2.65. The molecule has 0 aliphatic carbocycles. The molecule has 0 saturated carbocycles. The van der Waals surface area contributed by atoms with E-state index in [2.05, 4.69) is 37.2 Å². The van der Waals surface area contributed by atoms with E-state index in [1.807, 2.05) is 32.2 Å². The van der Waals surface area contributed by atoms with Gasteiger partial charge in [0.25, 0.3) is 0 Å². The van der Waals surface area contributed by atoms with Gasteiger partial charge >= 0.3 is 0 Å². The van der Waals surface area contributed by atoms with Gasteiger partial charge in [-0.3, -0.25) is 0 Å². The van der Waals surface area contributed by atoms with Crippen molar-refractivity contribution in [2.75, 3.05) is 7.05 Å². The topological polar surface area (TPSA) is 12.0 Å². The fourth-order valence-electron chi connectivity index (χ4n) is 1.97. The number of rotatable bonds is 3. The highest BCUT2D eigenvalue weighted by Crippen LogP contribution is 2.35. The van der Waals surface area contributed by atoms with Gasteiger partial charge in [-0.15, -0.1) is 11.3 Å². The van der Waals surface area contributed by atoms with Crippen LogP contribution in [0, 0.1) is 12.7 Å². The zero-order chi connectivity index (χ0) is 13.3. The third kappa shape index (κ3) is 2.69. The molecule has 0 radical (unpaired) electrons. The molecular formula is C13H12Br2FNS. The van der Waals surface area contributed by atoms with Gasteiger partial charge in [-0.2, -0.15) is 0 Å². The Morgan fingerprint density at radius 1 is 1.28 bits per heavy atom. The lowest BCUT2D eigenvalue weighted by Gasteiger charge is -2.18. The average molecular weight is 393 g/mol. The van der Waals surface area contributed by atoms with E-state index < -0.39 is 0 Å². The van der Waals surface area contributed by atoms with Crippen LogP contribution >= 0.6 is 43.2 Å². The summed E-state index contributed by atoms with van der Waals surface area (Å²) >= 11 is 8.36. The quantitative estimate of drug-likeness (QED) is 0.772. The largest absolute Gasteiger partial charge is 0.309 e. The molecule has 0 aliphatic heterocycles. The smallest absolute Gasteiger partial charge is 0.142 e. The lowest BCUT2D eigenvalue weighted by Crippen LogP contribution is -2.19. The zero-order valence-electron chi connectivity index (χ0n) is 9.93. The first-order valence-corrected chi connectivity index (χ1v) is 7.82. The minimum absolute atomic E-state index is 0.134. The van der Waals surface area contributed by atoms with Crippen LogP contribution in [0.3, 0.4) is 0 Å². The molecule has 1 atom stereocenters. The third-order valence-electron chi connectivity index (χ3n) is 2.82. The molecule has 0 fully saturated rings. The second-order valence-electron chi connectivity index (χ2n) is 3.93. The summed E-state index contributed by atoms with van der Waals surface area (Å²) < 4.78 is 15.7. The van der Waals surface area contributed by atoms with Crippen LogP contribution in [0.4, 0.5) is 4.39 Å². The summed E-state index contributed by atoms with van der Waals surface area (Å²) in [6.07, 6.45) is 0. The van der Waals surface area contributed by atoms with Crippen molar-refractivity contribution in [3.05, 3.63) is 54.3 Å². The van der Waals surface area contributed by atoms with Gasteiger partial charge in [-0.1, -0.05) is 12.1 Å². The highest BCUT2D eigenvalue weighted by molar-refractivity contribution is 9.11. The Labute approximate surface area is 127 Å². The van der Waals surface area contributed by atoms with Crippen molar-refractivity contribution in [3.63, 3.8) is 0 Å². The second-order valence-corrected chi connectivity index (χ2v) is 7.42. The zero-order valence-corrected chi connectivity index (χ0v) is 13.9. The first-order valence-electron chi connectivity index (χ1n) is 5.41. The highest BCUT2D eigenvalue weighted by atomic mass is 79.9. The Bertz CT molecular complexity index is 568. The van der Waals surface area contributed by atoms with E-state index in [4.69, 9.17) is 0 Å². The Balaban J connectivity index is 2.52. The normalized spacial score (nSPS) is 12.7. The Hall–Kier alpha value is -0.230. The molecule has 2 aromatic rings. The molecule has 0 amide bonds. The molecule has 1 aromatic carbocycles. The summed E-state index contributed by atoms with van der Waals surface area (Å²) in [5.41, 5.74) is 1.76. The molecule has 0 bridgehead atoms. The minimum Gasteiger partial charge on any atom is -0.309 e. The standard InChI is InChI=1S/C13H12Br2FNS/c1-7-9(6-11(15)18-7)13(17-2)8-4-3-5-10(14)12(8)16/h3-6,13,17H,1-2H3. The minimum atomic E-state index is -0.210. The SMILES string of the molecule is CNC(c1cc(Br)sc1C)c1cccc(Br)c1F. The lowest BCUT2D eigenvalue weighted by atomic mass is 9.99.